The van der Waals surface area contributed by atoms with Crippen LogP contribution in [0.2, 0.25) is 0 Å². The van der Waals surface area contributed by atoms with E-state index in [0.29, 0.717) is 12.3 Å². The summed E-state index contributed by atoms with van der Waals surface area (Å²) in [5.74, 6) is -1.38. The minimum absolute atomic E-state index is 0.181. The number of benzene rings is 1. The Labute approximate surface area is 265 Å². The summed E-state index contributed by atoms with van der Waals surface area (Å²) < 4.78 is 18.0. The van der Waals surface area contributed by atoms with Crippen LogP contribution in [0.4, 0.5) is 0 Å². The van der Waals surface area contributed by atoms with Crippen molar-refractivity contribution in [1.82, 2.24) is 21.3 Å². The SMILES string of the molecule is CCCCCNC(=O)[C@H](C)NC(=O)[C@@H](NC(=O)[C@H](Cc1ccc(OP(OC(C)(C)C)OC(C)(C)C)cc1)NC(C)=O)C(C)C. The first-order chi connectivity index (χ1) is 20.3. The molecule has 4 N–H and O–H groups in total. The Balaban J connectivity index is 2.95. The average molecular weight is 639 g/mol. The smallest absolute Gasteiger partial charge is 0.398 e. The highest BCUT2D eigenvalue weighted by Gasteiger charge is 2.31. The number of rotatable bonds is 17. The van der Waals surface area contributed by atoms with Gasteiger partial charge in [0.1, 0.15) is 23.9 Å². The van der Waals surface area contributed by atoms with Gasteiger partial charge in [-0.3, -0.25) is 28.2 Å². The fourth-order valence-electron chi connectivity index (χ4n) is 3.86. The Morgan fingerprint density at radius 3 is 1.84 bits per heavy atom. The molecular weight excluding hydrogens is 583 g/mol. The van der Waals surface area contributed by atoms with Crippen LogP contribution in [-0.2, 0) is 34.6 Å². The predicted octanol–water partition coefficient (Wildman–Crippen LogP) is 4.92. The van der Waals surface area contributed by atoms with Crippen molar-refractivity contribution >= 4 is 32.2 Å². The van der Waals surface area contributed by atoms with Gasteiger partial charge in [-0.15, -0.1) is 0 Å². The van der Waals surface area contributed by atoms with Crippen molar-refractivity contribution in [2.75, 3.05) is 6.54 Å². The van der Waals surface area contributed by atoms with Gasteiger partial charge in [0.15, 0.2) is 0 Å². The topological polar surface area (TPSA) is 144 Å². The summed E-state index contributed by atoms with van der Waals surface area (Å²) in [6.45, 7) is 20.7. The van der Waals surface area contributed by atoms with Crippen LogP contribution in [-0.4, -0.2) is 59.5 Å². The fourth-order valence-corrected chi connectivity index (χ4v) is 5.16. The molecule has 0 fully saturated rings. The largest absolute Gasteiger partial charge is 0.427 e. The molecule has 12 heteroatoms. The van der Waals surface area contributed by atoms with Gasteiger partial charge in [-0.2, -0.15) is 0 Å². The van der Waals surface area contributed by atoms with Crippen molar-refractivity contribution in [2.24, 2.45) is 5.92 Å². The molecule has 0 unspecified atom stereocenters. The summed E-state index contributed by atoms with van der Waals surface area (Å²) in [4.78, 5) is 50.9. The zero-order chi connectivity index (χ0) is 33.7. The third kappa shape index (κ3) is 16.4. The maximum Gasteiger partial charge on any atom is 0.398 e. The number of carbonyl (C=O) groups is 4. The summed E-state index contributed by atoms with van der Waals surface area (Å²) in [6, 6.07) is 4.50. The summed E-state index contributed by atoms with van der Waals surface area (Å²) in [5, 5.41) is 11.0. The number of hydrogen-bond donors (Lipinski definition) is 4. The number of hydrogen-bond acceptors (Lipinski definition) is 7. The summed E-state index contributed by atoms with van der Waals surface area (Å²) >= 11 is 0. The van der Waals surface area contributed by atoms with Gasteiger partial charge in [0.2, 0.25) is 23.6 Å². The second kappa shape index (κ2) is 18.3. The van der Waals surface area contributed by atoms with Crippen LogP contribution >= 0.6 is 8.60 Å². The zero-order valence-electron chi connectivity index (χ0n) is 28.5. The molecule has 44 heavy (non-hydrogen) atoms. The van der Waals surface area contributed by atoms with Gasteiger partial charge in [-0.05, 0) is 78.5 Å². The van der Waals surface area contributed by atoms with Crippen molar-refractivity contribution in [1.29, 1.82) is 0 Å². The van der Waals surface area contributed by atoms with E-state index in [1.165, 1.54) is 6.92 Å². The molecule has 0 spiro atoms. The molecule has 4 amide bonds. The van der Waals surface area contributed by atoms with Gasteiger partial charge >= 0.3 is 8.60 Å². The predicted molar refractivity (Wildman–Crippen MR) is 174 cm³/mol. The van der Waals surface area contributed by atoms with Crippen molar-refractivity contribution in [3.05, 3.63) is 29.8 Å². The Kier molecular flexibility index (Phi) is 16.3. The molecule has 250 valence electrons. The maximum absolute atomic E-state index is 13.4. The van der Waals surface area contributed by atoms with Crippen LogP contribution in [0.5, 0.6) is 5.75 Å². The molecule has 1 aromatic rings. The lowest BCUT2D eigenvalue weighted by Crippen LogP contribution is -2.58. The highest BCUT2D eigenvalue weighted by atomic mass is 31.2. The molecule has 0 aromatic heterocycles. The van der Waals surface area contributed by atoms with Gasteiger partial charge in [-0.25, -0.2) is 0 Å². The Hall–Kier alpha value is -2.75. The van der Waals surface area contributed by atoms with Crippen molar-refractivity contribution in [2.45, 2.75) is 131 Å². The van der Waals surface area contributed by atoms with Crippen LogP contribution in [0.15, 0.2) is 24.3 Å². The van der Waals surface area contributed by atoms with Crippen LogP contribution < -0.4 is 25.8 Å². The molecule has 1 aromatic carbocycles. The first kappa shape index (κ1) is 39.3. The van der Waals surface area contributed by atoms with Gasteiger partial charge in [0, 0.05) is 19.9 Å². The normalized spacial score (nSPS) is 14.0. The lowest BCUT2D eigenvalue weighted by atomic mass is 10.0. The molecule has 1 rings (SSSR count). The lowest BCUT2D eigenvalue weighted by Gasteiger charge is -2.30. The van der Waals surface area contributed by atoms with Gasteiger partial charge in [0.25, 0.3) is 0 Å². The van der Waals surface area contributed by atoms with E-state index in [1.54, 1.807) is 45.0 Å². The minimum atomic E-state index is -1.68. The summed E-state index contributed by atoms with van der Waals surface area (Å²) in [6.07, 6.45) is 3.10. The molecular formula is C32H55N4O7P. The van der Waals surface area contributed by atoms with E-state index in [9.17, 15) is 19.2 Å². The quantitative estimate of drug-likeness (QED) is 0.140. The van der Waals surface area contributed by atoms with Crippen LogP contribution in [0, 0.1) is 5.92 Å². The summed E-state index contributed by atoms with van der Waals surface area (Å²) in [5.41, 5.74) is -0.179. The van der Waals surface area contributed by atoms with E-state index in [2.05, 4.69) is 28.2 Å². The average Bonchev–Trinajstić information content (AvgIpc) is 2.87. The first-order valence-electron chi connectivity index (χ1n) is 15.4. The van der Waals surface area contributed by atoms with E-state index in [4.69, 9.17) is 13.6 Å². The molecule has 0 aliphatic rings. The minimum Gasteiger partial charge on any atom is -0.427 e. The number of unbranched alkanes of at least 4 members (excludes halogenated alkanes) is 2. The highest BCUT2D eigenvalue weighted by molar-refractivity contribution is 7.42. The molecule has 3 atom stereocenters. The Bertz CT molecular complexity index is 1050. The second-order valence-electron chi connectivity index (χ2n) is 13.3. The number of amides is 4. The standard InChI is InChI=1S/C32H55N4O7P/c1-12-13-14-19-33-28(38)22(4)34-30(40)27(21(2)3)36-29(39)26(35-23(5)37)20-24-15-17-25(18-16-24)41-44(42-31(6,7)8)43-32(9,10)11/h15-18,21-22,26-27H,12-14,19-20H2,1-11H3,(H,33,38)(H,34,40)(H,35,37)(H,36,39)/t22-,26-,27-/m0/s1. The first-order valence-corrected chi connectivity index (χ1v) is 16.5. The second-order valence-corrected chi connectivity index (χ2v) is 14.3. The van der Waals surface area contributed by atoms with E-state index in [0.717, 1.165) is 24.8 Å². The number of nitrogens with one attached hydrogen (secondary N) is 4. The maximum atomic E-state index is 13.4. The van der Waals surface area contributed by atoms with E-state index >= 15 is 0 Å². The Morgan fingerprint density at radius 1 is 0.795 bits per heavy atom. The lowest BCUT2D eigenvalue weighted by molar-refractivity contribution is -0.134. The molecule has 0 aliphatic heterocycles. The third-order valence-electron chi connectivity index (χ3n) is 6.01. The highest BCUT2D eigenvalue weighted by Crippen LogP contribution is 2.47. The molecule has 0 saturated heterocycles. The molecule has 0 bridgehead atoms. The van der Waals surface area contributed by atoms with E-state index in [1.807, 2.05) is 41.5 Å². The molecule has 0 aliphatic carbocycles. The Morgan fingerprint density at radius 2 is 1.36 bits per heavy atom. The van der Waals surface area contributed by atoms with Crippen LogP contribution in [0.3, 0.4) is 0 Å². The molecule has 0 radical (unpaired) electrons. The van der Waals surface area contributed by atoms with Crippen LogP contribution in [0.1, 0.15) is 101 Å². The van der Waals surface area contributed by atoms with Crippen molar-refractivity contribution < 1.29 is 32.7 Å². The number of carbonyl (C=O) groups excluding carboxylic acids is 4. The van der Waals surface area contributed by atoms with Gasteiger partial charge in [0.05, 0.1) is 11.2 Å². The third-order valence-corrected chi connectivity index (χ3v) is 7.77. The van der Waals surface area contributed by atoms with Crippen LogP contribution in [0.25, 0.3) is 0 Å². The summed E-state index contributed by atoms with van der Waals surface area (Å²) in [7, 11) is -1.68. The van der Waals surface area contributed by atoms with Gasteiger partial charge < -0.3 is 25.8 Å². The monoisotopic (exact) mass is 638 g/mol. The zero-order valence-corrected chi connectivity index (χ0v) is 29.4. The molecule has 0 heterocycles. The van der Waals surface area contributed by atoms with E-state index < -0.39 is 49.7 Å². The fraction of sp³-hybridized carbons (Fsp3) is 0.688. The molecule has 0 saturated carbocycles. The van der Waals surface area contributed by atoms with Crippen molar-refractivity contribution in [3.8, 4) is 5.75 Å². The van der Waals surface area contributed by atoms with E-state index in [-0.39, 0.29) is 24.2 Å². The molecule has 11 nitrogen and oxygen atoms in total. The van der Waals surface area contributed by atoms with Crippen molar-refractivity contribution in [3.63, 3.8) is 0 Å². The van der Waals surface area contributed by atoms with Gasteiger partial charge in [-0.1, -0.05) is 45.7 Å².